The summed E-state index contributed by atoms with van der Waals surface area (Å²) >= 11 is 0. The van der Waals surface area contributed by atoms with Crippen LogP contribution in [0.15, 0.2) is 47.3 Å². The first-order valence-corrected chi connectivity index (χ1v) is 9.92. The summed E-state index contributed by atoms with van der Waals surface area (Å²) in [6, 6.07) is 7.49. The highest BCUT2D eigenvalue weighted by Gasteiger charge is 2.37. The average Bonchev–Trinajstić information content (AvgIpc) is 3.42. The Hall–Kier alpha value is -2.50. The third-order valence-electron chi connectivity index (χ3n) is 6.07. The minimum absolute atomic E-state index is 0.0834. The molecule has 2 aromatic heterocycles. The topological polar surface area (TPSA) is 58.7 Å². The Balaban J connectivity index is 1.38. The van der Waals surface area contributed by atoms with Gasteiger partial charge >= 0.3 is 0 Å². The van der Waals surface area contributed by atoms with Gasteiger partial charge in [-0.2, -0.15) is 0 Å². The van der Waals surface area contributed by atoms with E-state index in [9.17, 15) is 9.59 Å². The van der Waals surface area contributed by atoms with Gasteiger partial charge in [-0.05, 0) is 37.1 Å². The average molecular weight is 369 g/mol. The molecule has 27 heavy (non-hydrogen) atoms. The minimum Gasteiger partial charge on any atom is -0.459 e. The fraction of sp³-hybridized carbons (Fsp3) is 0.524. The van der Waals surface area contributed by atoms with E-state index in [0.717, 1.165) is 12.8 Å². The zero-order chi connectivity index (χ0) is 18.7. The molecule has 1 aliphatic heterocycles. The predicted octanol–water partition coefficient (Wildman–Crippen LogP) is 3.12. The molecule has 6 heteroatoms. The fourth-order valence-electron chi connectivity index (χ4n) is 4.50. The smallest absolute Gasteiger partial charge is 0.289 e. The second kappa shape index (κ2) is 7.62. The molecule has 2 fully saturated rings. The Morgan fingerprint density at radius 2 is 1.59 bits per heavy atom. The van der Waals surface area contributed by atoms with Gasteiger partial charge in [0, 0.05) is 38.6 Å². The molecule has 144 valence electrons. The van der Waals surface area contributed by atoms with Crippen molar-refractivity contribution in [3.05, 3.63) is 48.7 Å². The van der Waals surface area contributed by atoms with Crippen molar-refractivity contribution in [2.45, 2.75) is 44.1 Å². The number of amides is 2. The lowest BCUT2D eigenvalue weighted by molar-refractivity contribution is -0.135. The molecule has 0 atom stereocenters. The van der Waals surface area contributed by atoms with Crippen LogP contribution in [0.2, 0.25) is 0 Å². The molecular formula is C21H27N3O3. The SMILES string of the molecule is O=C(CC1(n2cccc2)CCCCC1)N1CCN(C(=O)c2ccco2)CC1. The quantitative estimate of drug-likeness (QED) is 0.832. The molecule has 0 unspecified atom stereocenters. The van der Waals surface area contributed by atoms with Gasteiger partial charge in [-0.15, -0.1) is 0 Å². The van der Waals surface area contributed by atoms with Gasteiger partial charge in [0.1, 0.15) is 0 Å². The van der Waals surface area contributed by atoms with Crippen LogP contribution >= 0.6 is 0 Å². The van der Waals surface area contributed by atoms with Crippen molar-refractivity contribution in [2.75, 3.05) is 26.2 Å². The first-order valence-electron chi connectivity index (χ1n) is 9.92. The molecule has 3 heterocycles. The zero-order valence-electron chi connectivity index (χ0n) is 15.7. The number of nitrogens with zero attached hydrogens (tertiary/aromatic N) is 3. The van der Waals surface area contributed by atoms with Crippen molar-refractivity contribution in [1.29, 1.82) is 0 Å². The summed E-state index contributed by atoms with van der Waals surface area (Å²) in [5.41, 5.74) is -0.0834. The summed E-state index contributed by atoms with van der Waals surface area (Å²) in [6.45, 7) is 2.30. The number of furan rings is 1. The van der Waals surface area contributed by atoms with Crippen molar-refractivity contribution < 1.29 is 14.0 Å². The zero-order valence-corrected chi connectivity index (χ0v) is 15.7. The molecular weight excluding hydrogens is 342 g/mol. The molecule has 1 aliphatic carbocycles. The van der Waals surface area contributed by atoms with E-state index in [4.69, 9.17) is 4.42 Å². The maximum atomic E-state index is 13.1. The van der Waals surface area contributed by atoms with Crippen molar-refractivity contribution >= 4 is 11.8 Å². The standard InChI is InChI=1S/C21H27N3O3/c25-19(17-21(8-2-1-3-9-21)24-10-4-5-11-24)22-12-14-23(15-13-22)20(26)18-7-6-16-27-18/h4-7,10-11,16H,1-3,8-9,12-15,17H2. The Bertz CT molecular complexity index is 753. The van der Waals surface area contributed by atoms with Crippen LogP contribution in [0.25, 0.3) is 0 Å². The Morgan fingerprint density at radius 1 is 0.926 bits per heavy atom. The first-order chi connectivity index (χ1) is 13.2. The number of carbonyl (C=O) groups excluding carboxylic acids is 2. The van der Waals surface area contributed by atoms with Gasteiger partial charge in [0.2, 0.25) is 5.91 Å². The summed E-state index contributed by atoms with van der Waals surface area (Å²) in [7, 11) is 0. The molecule has 4 rings (SSSR count). The predicted molar refractivity (Wildman–Crippen MR) is 101 cm³/mol. The molecule has 0 N–H and O–H groups in total. The summed E-state index contributed by atoms with van der Waals surface area (Å²) < 4.78 is 7.45. The third kappa shape index (κ3) is 3.66. The van der Waals surface area contributed by atoms with Crippen LogP contribution in [0, 0.1) is 0 Å². The molecule has 1 saturated carbocycles. The van der Waals surface area contributed by atoms with Gasteiger partial charge in [-0.25, -0.2) is 0 Å². The van der Waals surface area contributed by atoms with Crippen LogP contribution in [-0.4, -0.2) is 52.4 Å². The molecule has 0 spiro atoms. The van der Waals surface area contributed by atoms with E-state index in [2.05, 4.69) is 17.0 Å². The maximum absolute atomic E-state index is 13.1. The number of aromatic nitrogens is 1. The van der Waals surface area contributed by atoms with Gasteiger partial charge < -0.3 is 18.8 Å². The van der Waals surface area contributed by atoms with Crippen LogP contribution in [0.3, 0.4) is 0 Å². The van der Waals surface area contributed by atoms with E-state index >= 15 is 0 Å². The summed E-state index contributed by atoms with van der Waals surface area (Å²) in [4.78, 5) is 29.1. The van der Waals surface area contributed by atoms with E-state index in [1.165, 1.54) is 25.5 Å². The van der Waals surface area contributed by atoms with E-state index in [1.807, 2.05) is 17.0 Å². The molecule has 2 aliphatic rings. The van der Waals surface area contributed by atoms with Gasteiger partial charge in [0.25, 0.3) is 5.91 Å². The maximum Gasteiger partial charge on any atom is 0.289 e. The molecule has 6 nitrogen and oxygen atoms in total. The molecule has 2 amide bonds. The lowest BCUT2D eigenvalue weighted by Gasteiger charge is -2.41. The molecule has 1 saturated heterocycles. The molecule has 0 bridgehead atoms. The third-order valence-corrected chi connectivity index (χ3v) is 6.07. The normalized spacial score (nSPS) is 19.9. The van der Waals surface area contributed by atoms with E-state index < -0.39 is 0 Å². The van der Waals surface area contributed by atoms with E-state index in [-0.39, 0.29) is 17.4 Å². The largest absolute Gasteiger partial charge is 0.459 e. The van der Waals surface area contributed by atoms with Crippen molar-refractivity contribution in [2.24, 2.45) is 0 Å². The van der Waals surface area contributed by atoms with Crippen molar-refractivity contribution in [1.82, 2.24) is 14.4 Å². The first kappa shape index (κ1) is 17.9. The van der Waals surface area contributed by atoms with E-state index in [0.29, 0.717) is 38.4 Å². The fourth-order valence-corrected chi connectivity index (χ4v) is 4.50. The number of hydrogen-bond donors (Lipinski definition) is 0. The second-order valence-corrected chi connectivity index (χ2v) is 7.70. The highest BCUT2D eigenvalue weighted by Crippen LogP contribution is 2.38. The lowest BCUT2D eigenvalue weighted by atomic mass is 9.78. The van der Waals surface area contributed by atoms with Crippen LogP contribution in [0.5, 0.6) is 0 Å². The summed E-state index contributed by atoms with van der Waals surface area (Å²) in [6.07, 6.45) is 12.0. The van der Waals surface area contributed by atoms with Crippen LogP contribution < -0.4 is 0 Å². The Labute approximate surface area is 159 Å². The lowest BCUT2D eigenvalue weighted by Crippen LogP contribution is -2.52. The Morgan fingerprint density at radius 3 is 2.22 bits per heavy atom. The molecule has 0 aromatic carbocycles. The summed E-state index contributed by atoms with van der Waals surface area (Å²) in [5, 5.41) is 0. The van der Waals surface area contributed by atoms with Gasteiger partial charge in [-0.3, -0.25) is 9.59 Å². The van der Waals surface area contributed by atoms with Crippen LogP contribution in [0.4, 0.5) is 0 Å². The molecule has 0 radical (unpaired) electrons. The second-order valence-electron chi connectivity index (χ2n) is 7.70. The summed E-state index contributed by atoms with van der Waals surface area (Å²) in [5.74, 6) is 0.474. The van der Waals surface area contributed by atoms with E-state index in [1.54, 1.807) is 17.0 Å². The van der Waals surface area contributed by atoms with Gasteiger partial charge in [0.05, 0.1) is 18.2 Å². The Kier molecular flexibility index (Phi) is 5.05. The van der Waals surface area contributed by atoms with Gasteiger partial charge in [-0.1, -0.05) is 19.3 Å². The van der Waals surface area contributed by atoms with Gasteiger partial charge in [0.15, 0.2) is 5.76 Å². The highest BCUT2D eigenvalue weighted by atomic mass is 16.3. The van der Waals surface area contributed by atoms with Crippen LogP contribution in [0.1, 0.15) is 49.1 Å². The highest BCUT2D eigenvalue weighted by molar-refractivity contribution is 5.91. The van der Waals surface area contributed by atoms with Crippen LogP contribution in [-0.2, 0) is 10.3 Å². The van der Waals surface area contributed by atoms with Crippen molar-refractivity contribution in [3.63, 3.8) is 0 Å². The minimum atomic E-state index is -0.0943. The van der Waals surface area contributed by atoms with Crippen molar-refractivity contribution in [3.8, 4) is 0 Å². The molecule has 2 aromatic rings. The monoisotopic (exact) mass is 369 g/mol. The number of rotatable bonds is 4. The number of hydrogen-bond acceptors (Lipinski definition) is 3. The number of piperazine rings is 1. The number of carbonyl (C=O) groups is 2.